The van der Waals surface area contributed by atoms with Crippen molar-refractivity contribution >= 4 is 6.08 Å². The average Bonchev–Trinajstić information content (AvgIpc) is 2.58. The van der Waals surface area contributed by atoms with E-state index in [1.807, 2.05) is 42.5 Å². The molecule has 2 aromatic carbocycles. The molecule has 2 rings (SSSR count). The van der Waals surface area contributed by atoms with Crippen LogP contribution in [0.15, 0.2) is 42.5 Å². The van der Waals surface area contributed by atoms with Crippen LogP contribution in [-0.2, 0) is 0 Å². The number of ether oxygens (including phenoxy) is 2. The third-order valence-electron chi connectivity index (χ3n) is 3.69. The maximum atomic E-state index is 8.66. The van der Waals surface area contributed by atoms with Gasteiger partial charge in [-0.2, -0.15) is 5.26 Å². The van der Waals surface area contributed by atoms with E-state index in [0.29, 0.717) is 5.92 Å². The highest BCUT2D eigenvalue weighted by Crippen LogP contribution is 2.39. The Hall–Kier alpha value is -2.73. The summed E-state index contributed by atoms with van der Waals surface area (Å²) in [6, 6.07) is 14.1. The molecule has 3 nitrogen and oxygen atoms in total. The summed E-state index contributed by atoms with van der Waals surface area (Å²) in [5.41, 5.74) is 4.13. The lowest BCUT2D eigenvalue weighted by molar-refractivity contribution is 0.382. The van der Waals surface area contributed by atoms with Gasteiger partial charge in [0.2, 0.25) is 0 Å². The lowest BCUT2D eigenvalue weighted by Crippen LogP contribution is -1.99. The largest absolute Gasteiger partial charge is 0.496 e. The normalized spacial score (nSPS) is 10.8. The van der Waals surface area contributed by atoms with E-state index < -0.39 is 0 Å². The fraction of sp³-hybridized carbons (Fsp3) is 0.250. The number of hydrogen-bond acceptors (Lipinski definition) is 3. The molecule has 0 bridgehead atoms. The van der Waals surface area contributed by atoms with Gasteiger partial charge in [0.25, 0.3) is 0 Å². The van der Waals surface area contributed by atoms with E-state index in [0.717, 1.165) is 33.8 Å². The highest BCUT2D eigenvalue weighted by atomic mass is 16.5. The molecule has 0 heterocycles. The lowest BCUT2D eigenvalue weighted by Gasteiger charge is -2.18. The molecular formula is C20H21NO2. The highest BCUT2D eigenvalue weighted by Gasteiger charge is 2.16. The second-order valence-corrected chi connectivity index (χ2v) is 5.54. The van der Waals surface area contributed by atoms with Gasteiger partial charge in [-0.05, 0) is 46.9 Å². The van der Waals surface area contributed by atoms with Crippen molar-refractivity contribution in [3.63, 3.8) is 0 Å². The molecule has 118 valence electrons. The minimum Gasteiger partial charge on any atom is -0.496 e. The van der Waals surface area contributed by atoms with Crippen molar-refractivity contribution in [1.29, 1.82) is 5.26 Å². The number of nitriles is 1. The number of benzene rings is 2. The minimum atomic E-state index is 0.304. The van der Waals surface area contributed by atoms with Gasteiger partial charge in [-0.1, -0.05) is 32.0 Å². The maximum absolute atomic E-state index is 8.66. The molecule has 23 heavy (non-hydrogen) atoms. The zero-order valence-electron chi connectivity index (χ0n) is 14.0. The minimum absolute atomic E-state index is 0.304. The second kappa shape index (κ2) is 7.51. The van der Waals surface area contributed by atoms with Crippen LogP contribution in [0.2, 0.25) is 0 Å². The SMILES string of the molecule is COc1cc(-c2cccc(C=CC#N)c2)cc(OC)c1C(C)C. The summed E-state index contributed by atoms with van der Waals surface area (Å²) < 4.78 is 11.1. The van der Waals surface area contributed by atoms with Crippen molar-refractivity contribution in [3.05, 3.63) is 53.6 Å². The fourth-order valence-corrected chi connectivity index (χ4v) is 2.63. The van der Waals surface area contributed by atoms with Crippen LogP contribution in [0.5, 0.6) is 11.5 Å². The monoisotopic (exact) mass is 307 g/mol. The van der Waals surface area contributed by atoms with Gasteiger partial charge in [0.15, 0.2) is 0 Å². The molecule has 0 saturated carbocycles. The Labute approximate surface area is 137 Å². The van der Waals surface area contributed by atoms with Gasteiger partial charge in [0, 0.05) is 11.6 Å². The van der Waals surface area contributed by atoms with Crippen molar-refractivity contribution in [2.24, 2.45) is 0 Å². The van der Waals surface area contributed by atoms with Crippen LogP contribution in [0.4, 0.5) is 0 Å². The first kappa shape index (κ1) is 16.6. The molecule has 0 spiro atoms. The first-order valence-electron chi connectivity index (χ1n) is 7.53. The molecule has 0 N–H and O–H groups in total. The van der Waals surface area contributed by atoms with Gasteiger partial charge in [-0.25, -0.2) is 0 Å². The molecule has 0 fully saturated rings. The second-order valence-electron chi connectivity index (χ2n) is 5.54. The average molecular weight is 307 g/mol. The Morgan fingerprint density at radius 3 is 2.17 bits per heavy atom. The van der Waals surface area contributed by atoms with Gasteiger partial charge in [0.05, 0.1) is 20.3 Å². The number of nitrogens with zero attached hydrogens (tertiary/aromatic N) is 1. The molecule has 0 atom stereocenters. The van der Waals surface area contributed by atoms with E-state index in [-0.39, 0.29) is 0 Å². The van der Waals surface area contributed by atoms with Gasteiger partial charge in [-0.3, -0.25) is 0 Å². The molecule has 0 aromatic heterocycles. The first-order chi connectivity index (χ1) is 11.1. The van der Waals surface area contributed by atoms with Crippen molar-refractivity contribution in [2.45, 2.75) is 19.8 Å². The molecular weight excluding hydrogens is 286 g/mol. The molecule has 0 aliphatic rings. The molecule has 0 aliphatic heterocycles. The molecule has 0 unspecified atom stereocenters. The van der Waals surface area contributed by atoms with Gasteiger partial charge >= 0.3 is 0 Å². The zero-order chi connectivity index (χ0) is 16.8. The van der Waals surface area contributed by atoms with Crippen LogP contribution in [0.3, 0.4) is 0 Å². The van der Waals surface area contributed by atoms with Gasteiger partial charge in [0.1, 0.15) is 11.5 Å². The van der Waals surface area contributed by atoms with Crippen LogP contribution in [0.1, 0.15) is 30.9 Å². The summed E-state index contributed by atoms with van der Waals surface area (Å²) in [5, 5.41) is 8.66. The van der Waals surface area contributed by atoms with E-state index in [9.17, 15) is 0 Å². The summed E-state index contributed by atoms with van der Waals surface area (Å²) in [4.78, 5) is 0. The smallest absolute Gasteiger partial charge is 0.126 e. The Morgan fingerprint density at radius 2 is 1.65 bits per heavy atom. The highest BCUT2D eigenvalue weighted by molar-refractivity contribution is 5.72. The Balaban J connectivity index is 2.56. The number of methoxy groups -OCH3 is 2. The van der Waals surface area contributed by atoms with E-state index in [4.69, 9.17) is 14.7 Å². The van der Waals surface area contributed by atoms with Gasteiger partial charge in [-0.15, -0.1) is 0 Å². The summed E-state index contributed by atoms with van der Waals surface area (Å²) in [7, 11) is 3.35. The molecule has 0 amide bonds. The summed E-state index contributed by atoms with van der Waals surface area (Å²) in [6.45, 7) is 4.24. The number of allylic oxidation sites excluding steroid dienone is 1. The van der Waals surface area contributed by atoms with Gasteiger partial charge < -0.3 is 9.47 Å². The van der Waals surface area contributed by atoms with Crippen LogP contribution in [0.25, 0.3) is 17.2 Å². The summed E-state index contributed by atoms with van der Waals surface area (Å²) in [6.07, 6.45) is 3.27. The van der Waals surface area contributed by atoms with Crippen LogP contribution in [0, 0.1) is 11.3 Å². The fourth-order valence-electron chi connectivity index (χ4n) is 2.63. The Kier molecular flexibility index (Phi) is 5.43. The first-order valence-corrected chi connectivity index (χ1v) is 7.53. The summed E-state index contributed by atoms with van der Waals surface area (Å²) >= 11 is 0. The van der Waals surface area contributed by atoms with E-state index in [1.54, 1.807) is 20.3 Å². The Bertz CT molecular complexity index is 729. The predicted octanol–water partition coefficient (Wildman–Crippen LogP) is 5.03. The predicted molar refractivity (Wildman–Crippen MR) is 93.7 cm³/mol. The zero-order valence-corrected chi connectivity index (χ0v) is 14.0. The number of hydrogen-bond donors (Lipinski definition) is 0. The third kappa shape index (κ3) is 3.73. The number of rotatable bonds is 5. The third-order valence-corrected chi connectivity index (χ3v) is 3.69. The van der Waals surface area contributed by atoms with E-state index >= 15 is 0 Å². The molecule has 0 aliphatic carbocycles. The standard InChI is InChI=1S/C20H21NO2/c1-14(2)20-18(22-3)12-17(13-19(20)23-4)16-9-5-7-15(11-16)8-6-10-21/h5-9,11-14H,1-4H3. The molecule has 2 aromatic rings. The van der Waals surface area contributed by atoms with E-state index in [2.05, 4.69) is 13.8 Å². The maximum Gasteiger partial charge on any atom is 0.126 e. The van der Waals surface area contributed by atoms with Crippen LogP contribution < -0.4 is 9.47 Å². The summed E-state index contributed by atoms with van der Waals surface area (Å²) in [5.74, 6) is 1.96. The molecule has 0 radical (unpaired) electrons. The van der Waals surface area contributed by atoms with Crippen molar-refractivity contribution in [2.75, 3.05) is 14.2 Å². The van der Waals surface area contributed by atoms with Crippen molar-refractivity contribution in [3.8, 4) is 28.7 Å². The molecule has 0 saturated heterocycles. The Morgan fingerprint density at radius 1 is 1.00 bits per heavy atom. The van der Waals surface area contributed by atoms with Crippen molar-refractivity contribution in [1.82, 2.24) is 0 Å². The quantitative estimate of drug-likeness (QED) is 0.727. The topological polar surface area (TPSA) is 42.2 Å². The molecule has 3 heteroatoms. The van der Waals surface area contributed by atoms with Crippen molar-refractivity contribution < 1.29 is 9.47 Å². The van der Waals surface area contributed by atoms with E-state index in [1.165, 1.54) is 6.08 Å². The van der Waals surface area contributed by atoms with Crippen LogP contribution >= 0.6 is 0 Å². The van der Waals surface area contributed by atoms with Crippen LogP contribution in [-0.4, -0.2) is 14.2 Å². The lowest BCUT2D eigenvalue weighted by atomic mass is 9.95.